The number of hydrogen-bond acceptors (Lipinski definition) is 4. The number of hydrogen-bond donors (Lipinski definition) is 0. The molecule has 0 N–H and O–H groups in total. The van der Waals surface area contributed by atoms with Crippen LogP contribution in [0.15, 0.2) is 42.5 Å². The number of nitrogens with zero attached hydrogens (tertiary/aromatic N) is 2. The fraction of sp³-hybridized carbons (Fsp3) is 0.333. The van der Waals surface area contributed by atoms with E-state index in [1.54, 1.807) is 26.4 Å². The Morgan fingerprint density at radius 3 is 2.38 bits per heavy atom. The number of nitriles is 1. The smallest absolute Gasteiger partial charge is 0.227 e. The molecule has 0 fully saturated rings. The highest BCUT2D eigenvalue weighted by molar-refractivity contribution is 5.80. The van der Waals surface area contributed by atoms with Gasteiger partial charge in [0.15, 0.2) is 0 Å². The Morgan fingerprint density at radius 1 is 1.15 bits per heavy atom. The van der Waals surface area contributed by atoms with Crippen LogP contribution in [0.4, 0.5) is 0 Å². The van der Waals surface area contributed by atoms with Crippen LogP contribution in [0.2, 0.25) is 0 Å². The Balaban J connectivity index is 2.21. The summed E-state index contributed by atoms with van der Waals surface area (Å²) < 4.78 is 10.6. The molecule has 2 aromatic rings. The van der Waals surface area contributed by atoms with Crippen molar-refractivity contribution in [2.24, 2.45) is 0 Å². The molecular formula is C21H24N2O3. The highest BCUT2D eigenvalue weighted by Crippen LogP contribution is 2.27. The normalized spacial score (nSPS) is 11.3. The lowest BCUT2D eigenvalue weighted by Gasteiger charge is -2.29. The van der Waals surface area contributed by atoms with Crippen LogP contribution in [-0.2, 0) is 11.2 Å². The number of rotatable bonds is 7. The third kappa shape index (κ3) is 4.34. The summed E-state index contributed by atoms with van der Waals surface area (Å²) in [5, 5.41) is 8.93. The van der Waals surface area contributed by atoms with Crippen molar-refractivity contribution >= 4 is 5.91 Å². The van der Waals surface area contributed by atoms with E-state index in [2.05, 4.69) is 6.07 Å². The largest absolute Gasteiger partial charge is 0.497 e. The van der Waals surface area contributed by atoms with E-state index in [0.29, 0.717) is 23.6 Å². The molecule has 0 bridgehead atoms. The van der Waals surface area contributed by atoms with Crippen LogP contribution in [0, 0.1) is 11.3 Å². The SMILES string of the molecule is CCN(C(=O)Cc1cc(OC)ccc1OC)C(C)c1ccc(C#N)cc1. The first-order valence-electron chi connectivity index (χ1n) is 8.54. The monoisotopic (exact) mass is 352 g/mol. The van der Waals surface area contributed by atoms with Gasteiger partial charge in [-0.2, -0.15) is 5.26 Å². The zero-order chi connectivity index (χ0) is 19.1. The number of likely N-dealkylation sites (N-methyl/N-ethyl adjacent to an activating group) is 1. The van der Waals surface area contributed by atoms with Crippen LogP contribution in [0.3, 0.4) is 0 Å². The average molecular weight is 352 g/mol. The highest BCUT2D eigenvalue weighted by atomic mass is 16.5. The van der Waals surface area contributed by atoms with Crippen molar-refractivity contribution in [2.45, 2.75) is 26.3 Å². The minimum atomic E-state index is -0.0863. The summed E-state index contributed by atoms with van der Waals surface area (Å²) in [6, 6.07) is 14.8. The molecule has 2 aromatic carbocycles. The van der Waals surface area contributed by atoms with E-state index in [1.807, 2.05) is 49.1 Å². The first-order valence-corrected chi connectivity index (χ1v) is 8.54. The van der Waals surface area contributed by atoms with Crippen LogP contribution in [0.1, 0.15) is 36.6 Å². The lowest BCUT2D eigenvalue weighted by atomic mass is 10.0. The summed E-state index contributed by atoms with van der Waals surface area (Å²) in [4.78, 5) is 14.7. The number of amides is 1. The molecule has 0 aliphatic rings. The van der Waals surface area contributed by atoms with Crippen molar-refractivity contribution in [1.82, 2.24) is 4.90 Å². The molecule has 0 heterocycles. The summed E-state index contributed by atoms with van der Waals surface area (Å²) in [6.45, 7) is 4.54. The maximum absolute atomic E-state index is 12.9. The molecule has 136 valence electrons. The van der Waals surface area contributed by atoms with E-state index in [1.165, 1.54) is 0 Å². The van der Waals surface area contributed by atoms with Gasteiger partial charge in [0, 0.05) is 12.1 Å². The zero-order valence-electron chi connectivity index (χ0n) is 15.7. The van der Waals surface area contributed by atoms with E-state index in [-0.39, 0.29) is 18.4 Å². The van der Waals surface area contributed by atoms with Gasteiger partial charge in [0.1, 0.15) is 11.5 Å². The molecule has 0 aliphatic carbocycles. The third-order valence-corrected chi connectivity index (χ3v) is 4.48. The predicted molar refractivity (Wildman–Crippen MR) is 100 cm³/mol. The zero-order valence-corrected chi connectivity index (χ0v) is 15.7. The Kier molecular flexibility index (Phi) is 6.62. The number of carbonyl (C=O) groups excluding carboxylic acids is 1. The second kappa shape index (κ2) is 8.91. The molecule has 1 unspecified atom stereocenters. The van der Waals surface area contributed by atoms with Gasteiger partial charge < -0.3 is 14.4 Å². The molecule has 5 nitrogen and oxygen atoms in total. The van der Waals surface area contributed by atoms with E-state index in [0.717, 1.165) is 11.1 Å². The molecule has 0 radical (unpaired) electrons. The Labute approximate surface area is 154 Å². The van der Waals surface area contributed by atoms with Gasteiger partial charge in [-0.05, 0) is 49.7 Å². The quantitative estimate of drug-likeness (QED) is 0.762. The Morgan fingerprint density at radius 2 is 1.85 bits per heavy atom. The van der Waals surface area contributed by atoms with Crippen molar-refractivity contribution in [3.8, 4) is 17.6 Å². The summed E-state index contributed by atoms with van der Waals surface area (Å²) >= 11 is 0. The third-order valence-electron chi connectivity index (χ3n) is 4.48. The van der Waals surface area contributed by atoms with E-state index >= 15 is 0 Å². The molecule has 1 amide bonds. The van der Waals surface area contributed by atoms with Crippen LogP contribution in [-0.4, -0.2) is 31.6 Å². The van der Waals surface area contributed by atoms with Crippen LogP contribution in [0.25, 0.3) is 0 Å². The summed E-state index contributed by atoms with van der Waals surface area (Å²) in [5.41, 5.74) is 2.40. The van der Waals surface area contributed by atoms with Gasteiger partial charge in [0.25, 0.3) is 0 Å². The van der Waals surface area contributed by atoms with Gasteiger partial charge in [-0.15, -0.1) is 0 Å². The lowest BCUT2D eigenvalue weighted by Crippen LogP contribution is -2.34. The lowest BCUT2D eigenvalue weighted by molar-refractivity contribution is -0.132. The number of ether oxygens (including phenoxy) is 2. The molecule has 0 spiro atoms. The molecular weight excluding hydrogens is 328 g/mol. The molecule has 0 saturated carbocycles. The van der Waals surface area contributed by atoms with Crippen molar-refractivity contribution in [2.75, 3.05) is 20.8 Å². The van der Waals surface area contributed by atoms with Gasteiger partial charge in [-0.3, -0.25) is 4.79 Å². The van der Waals surface area contributed by atoms with Crippen molar-refractivity contribution in [1.29, 1.82) is 5.26 Å². The maximum Gasteiger partial charge on any atom is 0.227 e. The number of carbonyl (C=O) groups is 1. The van der Waals surface area contributed by atoms with Crippen LogP contribution < -0.4 is 9.47 Å². The standard InChI is InChI=1S/C21H24N2O3/c1-5-23(15(2)17-8-6-16(14-22)7-9-17)21(24)13-18-12-19(25-3)10-11-20(18)26-4/h6-12,15H,5,13H2,1-4H3. The first kappa shape index (κ1) is 19.3. The van der Waals surface area contributed by atoms with Crippen molar-refractivity contribution < 1.29 is 14.3 Å². The summed E-state index contributed by atoms with van der Waals surface area (Å²) in [6.07, 6.45) is 0.231. The van der Waals surface area contributed by atoms with Crippen LogP contribution in [0.5, 0.6) is 11.5 Å². The summed E-state index contributed by atoms with van der Waals surface area (Å²) in [7, 11) is 3.19. The van der Waals surface area contributed by atoms with Crippen molar-refractivity contribution in [3.05, 3.63) is 59.2 Å². The van der Waals surface area contributed by atoms with Gasteiger partial charge in [-0.1, -0.05) is 12.1 Å². The second-order valence-corrected chi connectivity index (χ2v) is 5.94. The van der Waals surface area contributed by atoms with E-state index < -0.39 is 0 Å². The van der Waals surface area contributed by atoms with Gasteiger partial charge in [0.2, 0.25) is 5.91 Å². The highest BCUT2D eigenvalue weighted by Gasteiger charge is 2.21. The topological polar surface area (TPSA) is 62.6 Å². The van der Waals surface area contributed by atoms with Gasteiger partial charge in [0.05, 0.1) is 38.3 Å². The summed E-state index contributed by atoms with van der Waals surface area (Å²) in [5.74, 6) is 1.37. The van der Waals surface area contributed by atoms with Crippen LogP contribution >= 0.6 is 0 Å². The van der Waals surface area contributed by atoms with Gasteiger partial charge in [-0.25, -0.2) is 0 Å². The maximum atomic E-state index is 12.9. The van der Waals surface area contributed by atoms with E-state index in [9.17, 15) is 4.79 Å². The Hall–Kier alpha value is -3.00. The average Bonchev–Trinajstić information content (AvgIpc) is 2.68. The number of methoxy groups -OCH3 is 2. The molecule has 1 atom stereocenters. The minimum absolute atomic E-state index is 0.0101. The molecule has 26 heavy (non-hydrogen) atoms. The first-order chi connectivity index (χ1) is 12.5. The molecule has 2 rings (SSSR count). The Bertz CT molecular complexity index is 794. The molecule has 0 aliphatic heterocycles. The molecule has 0 saturated heterocycles. The minimum Gasteiger partial charge on any atom is -0.497 e. The number of benzene rings is 2. The predicted octanol–water partition coefficient (Wildman–Crippen LogP) is 3.73. The van der Waals surface area contributed by atoms with Crippen molar-refractivity contribution in [3.63, 3.8) is 0 Å². The fourth-order valence-electron chi connectivity index (χ4n) is 2.97. The molecule has 0 aromatic heterocycles. The molecule has 5 heteroatoms. The fourth-order valence-corrected chi connectivity index (χ4v) is 2.97. The van der Waals surface area contributed by atoms with Gasteiger partial charge >= 0.3 is 0 Å². The van der Waals surface area contributed by atoms with E-state index in [4.69, 9.17) is 14.7 Å². The second-order valence-electron chi connectivity index (χ2n) is 5.94.